The summed E-state index contributed by atoms with van der Waals surface area (Å²) in [6, 6.07) is 13.6. The molecule has 0 aliphatic heterocycles. The molecule has 0 atom stereocenters. The second-order valence-electron chi connectivity index (χ2n) is 4.62. The van der Waals surface area contributed by atoms with Crippen LogP contribution in [0.4, 0.5) is 5.69 Å². The van der Waals surface area contributed by atoms with Crippen LogP contribution in [0.25, 0.3) is 17.1 Å². The standard InChI is InChI=1S/C15H11ClN4O2/c1-10-17-15(11-6-2-3-7-12(11)16)18-19(10)13-8-4-5-9-14(13)20(21)22/h2-9H,1H3. The van der Waals surface area contributed by atoms with Crippen LogP contribution in [0.2, 0.25) is 5.02 Å². The van der Waals surface area contributed by atoms with E-state index in [0.717, 1.165) is 0 Å². The molecule has 110 valence electrons. The smallest absolute Gasteiger partial charge is 0.258 e. The van der Waals surface area contributed by atoms with E-state index in [1.807, 2.05) is 12.1 Å². The molecule has 0 fully saturated rings. The predicted octanol–water partition coefficient (Wildman–Crippen LogP) is 3.80. The lowest BCUT2D eigenvalue weighted by Crippen LogP contribution is -2.03. The molecule has 0 bridgehead atoms. The molecule has 0 unspecified atom stereocenters. The fourth-order valence-corrected chi connectivity index (χ4v) is 2.39. The van der Waals surface area contributed by atoms with E-state index in [2.05, 4.69) is 10.1 Å². The minimum absolute atomic E-state index is 0.0267. The van der Waals surface area contributed by atoms with Gasteiger partial charge in [0, 0.05) is 11.6 Å². The predicted molar refractivity (Wildman–Crippen MR) is 83.2 cm³/mol. The zero-order valence-electron chi connectivity index (χ0n) is 11.6. The van der Waals surface area contributed by atoms with Crippen LogP contribution < -0.4 is 0 Å². The van der Waals surface area contributed by atoms with Crippen LogP contribution in [-0.2, 0) is 0 Å². The summed E-state index contributed by atoms with van der Waals surface area (Å²) < 4.78 is 1.46. The molecule has 6 nitrogen and oxygen atoms in total. The lowest BCUT2D eigenvalue weighted by Gasteiger charge is -2.03. The van der Waals surface area contributed by atoms with Crippen molar-refractivity contribution >= 4 is 17.3 Å². The highest BCUT2D eigenvalue weighted by molar-refractivity contribution is 6.33. The Morgan fingerprint density at radius 3 is 2.55 bits per heavy atom. The molecule has 0 spiro atoms. The first-order valence-electron chi connectivity index (χ1n) is 6.50. The minimum Gasteiger partial charge on any atom is -0.258 e. The molecule has 0 N–H and O–H groups in total. The van der Waals surface area contributed by atoms with Crippen molar-refractivity contribution in [3.8, 4) is 17.1 Å². The van der Waals surface area contributed by atoms with E-state index in [9.17, 15) is 10.1 Å². The number of nitro groups is 1. The Bertz CT molecular complexity index is 860. The summed E-state index contributed by atoms with van der Waals surface area (Å²) in [5.41, 5.74) is 1.03. The van der Waals surface area contributed by atoms with E-state index < -0.39 is 4.92 Å². The first-order valence-corrected chi connectivity index (χ1v) is 6.88. The van der Waals surface area contributed by atoms with Crippen LogP contribution in [0.15, 0.2) is 48.5 Å². The molecular formula is C15H11ClN4O2. The normalized spacial score (nSPS) is 10.6. The molecule has 22 heavy (non-hydrogen) atoms. The summed E-state index contributed by atoms with van der Waals surface area (Å²) in [5.74, 6) is 0.977. The fourth-order valence-electron chi connectivity index (χ4n) is 2.17. The molecule has 3 aromatic rings. The number of aromatic nitrogens is 3. The molecule has 0 radical (unpaired) electrons. The Morgan fingerprint density at radius 1 is 1.14 bits per heavy atom. The van der Waals surface area contributed by atoms with Crippen LogP contribution in [-0.4, -0.2) is 19.7 Å². The summed E-state index contributed by atoms with van der Waals surface area (Å²) in [4.78, 5) is 15.1. The number of benzene rings is 2. The molecule has 0 amide bonds. The van der Waals surface area contributed by atoms with Crippen molar-refractivity contribution in [1.82, 2.24) is 14.8 Å². The lowest BCUT2D eigenvalue weighted by molar-refractivity contribution is -0.384. The molecule has 0 aliphatic carbocycles. The molecule has 0 aliphatic rings. The number of rotatable bonds is 3. The van der Waals surface area contributed by atoms with Gasteiger partial charge in [0.05, 0.1) is 9.95 Å². The van der Waals surface area contributed by atoms with Crippen LogP contribution in [0.1, 0.15) is 5.82 Å². The fraction of sp³-hybridized carbons (Fsp3) is 0.0667. The molecular weight excluding hydrogens is 304 g/mol. The third-order valence-corrected chi connectivity index (χ3v) is 3.52. The molecule has 0 saturated carbocycles. The quantitative estimate of drug-likeness (QED) is 0.544. The van der Waals surface area contributed by atoms with Gasteiger partial charge in [0.25, 0.3) is 5.69 Å². The van der Waals surface area contributed by atoms with Crippen molar-refractivity contribution in [2.24, 2.45) is 0 Å². The molecule has 1 heterocycles. The third-order valence-electron chi connectivity index (χ3n) is 3.19. The van der Waals surface area contributed by atoms with Crippen molar-refractivity contribution in [3.05, 3.63) is 69.5 Å². The zero-order chi connectivity index (χ0) is 15.7. The maximum Gasteiger partial charge on any atom is 0.294 e. The Labute approximate surface area is 131 Å². The lowest BCUT2D eigenvalue weighted by atomic mass is 10.2. The highest BCUT2D eigenvalue weighted by Gasteiger charge is 2.19. The van der Waals surface area contributed by atoms with Gasteiger partial charge in [-0.2, -0.15) is 0 Å². The second-order valence-corrected chi connectivity index (χ2v) is 5.03. The summed E-state index contributed by atoms with van der Waals surface area (Å²) in [5, 5.41) is 16.1. The van der Waals surface area contributed by atoms with E-state index in [0.29, 0.717) is 27.9 Å². The highest BCUT2D eigenvalue weighted by Crippen LogP contribution is 2.28. The van der Waals surface area contributed by atoms with Gasteiger partial charge in [-0.1, -0.05) is 35.9 Å². The number of halogens is 1. The summed E-state index contributed by atoms with van der Waals surface area (Å²) >= 11 is 6.15. The topological polar surface area (TPSA) is 73.8 Å². The van der Waals surface area contributed by atoms with E-state index in [1.54, 1.807) is 37.3 Å². The summed E-state index contributed by atoms with van der Waals surface area (Å²) in [6.45, 7) is 1.74. The van der Waals surface area contributed by atoms with E-state index in [1.165, 1.54) is 10.7 Å². The summed E-state index contributed by atoms with van der Waals surface area (Å²) in [6.07, 6.45) is 0. The number of nitro benzene ring substituents is 1. The number of aryl methyl sites for hydroxylation is 1. The summed E-state index contributed by atoms with van der Waals surface area (Å²) in [7, 11) is 0. The van der Waals surface area contributed by atoms with Gasteiger partial charge >= 0.3 is 0 Å². The maximum absolute atomic E-state index is 11.2. The van der Waals surface area contributed by atoms with E-state index in [-0.39, 0.29) is 5.69 Å². The molecule has 1 aromatic heterocycles. The van der Waals surface area contributed by atoms with Gasteiger partial charge in [0.15, 0.2) is 5.82 Å². The van der Waals surface area contributed by atoms with Crippen molar-refractivity contribution in [1.29, 1.82) is 0 Å². The van der Waals surface area contributed by atoms with Gasteiger partial charge < -0.3 is 0 Å². The third kappa shape index (κ3) is 2.44. The van der Waals surface area contributed by atoms with Crippen molar-refractivity contribution in [2.45, 2.75) is 6.92 Å². The van der Waals surface area contributed by atoms with Gasteiger partial charge in [0.1, 0.15) is 11.5 Å². The minimum atomic E-state index is -0.439. The monoisotopic (exact) mass is 314 g/mol. The van der Waals surface area contributed by atoms with Crippen molar-refractivity contribution in [3.63, 3.8) is 0 Å². The van der Waals surface area contributed by atoms with Gasteiger partial charge in [0.2, 0.25) is 0 Å². The molecule has 3 rings (SSSR count). The van der Waals surface area contributed by atoms with Crippen LogP contribution >= 0.6 is 11.6 Å². The number of hydrogen-bond donors (Lipinski definition) is 0. The van der Waals surface area contributed by atoms with Gasteiger partial charge in [-0.15, -0.1) is 5.10 Å². The number of para-hydroxylation sites is 2. The van der Waals surface area contributed by atoms with Crippen LogP contribution in [0.3, 0.4) is 0 Å². The van der Waals surface area contributed by atoms with Crippen molar-refractivity contribution < 1.29 is 4.92 Å². The Balaban J connectivity index is 2.16. The molecule has 7 heteroatoms. The first-order chi connectivity index (χ1) is 10.6. The van der Waals surface area contributed by atoms with Crippen molar-refractivity contribution in [2.75, 3.05) is 0 Å². The van der Waals surface area contributed by atoms with E-state index in [4.69, 9.17) is 11.6 Å². The van der Waals surface area contributed by atoms with Gasteiger partial charge in [-0.3, -0.25) is 10.1 Å². The zero-order valence-corrected chi connectivity index (χ0v) is 12.4. The first kappa shape index (κ1) is 14.2. The Hall–Kier alpha value is -2.73. The van der Waals surface area contributed by atoms with Gasteiger partial charge in [-0.05, 0) is 25.1 Å². The van der Waals surface area contributed by atoms with Crippen LogP contribution in [0.5, 0.6) is 0 Å². The second kappa shape index (κ2) is 5.57. The number of nitrogens with zero attached hydrogens (tertiary/aromatic N) is 4. The average molecular weight is 315 g/mol. The maximum atomic E-state index is 11.2. The van der Waals surface area contributed by atoms with Gasteiger partial charge in [-0.25, -0.2) is 9.67 Å². The highest BCUT2D eigenvalue weighted by atomic mass is 35.5. The van der Waals surface area contributed by atoms with E-state index >= 15 is 0 Å². The molecule has 0 saturated heterocycles. The Kier molecular flexibility index (Phi) is 3.60. The van der Waals surface area contributed by atoms with Crippen LogP contribution in [0, 0.1) is 17.0 Å². The Morgan fingerprint density at radius 2 is 1.82 bits per heavy atom. The SMILES string of the molecule is Cc1nc(-c2ccccc2Cl)nn1-c1ccccc1[N+](=O)[O-]. The average Bonchev–Trinajstić information content (AvgIpc) is 2.89. The largest absolute Gasteiger partial charge is 0.294 e. The number of hydrogen-bond acceptors (Lipinski definition) is 4. The molecule has 2 aromatic carbocycles.